The Morgan fingerprint density at radius 2 is 2.11 bits per heavy atom. The van der Waals surface area contributed by atoms with Crippen molar-refractivity contribution in [3.63, 3.8) is 0 Å². The molecule has 0 saturated carbocycles. The number of thiophene rings is 1. The van der Waals surface area contributed by atoms with Crippen molar-refractivity contribution in [2.45, 2.75) is 25.0 Å². The van der Waals surface area contributed by atoms with Gasteiger partial charge in [0.1, 0.15) is 5.75 Å². The van der Waals surface area contributed by atoms with Gasteiger partial charge in [-0.3, -0.25) is 4.79 Å². The predicted molar refractivity (Wildman–Crippen MR) is 109 cm³/mol. The van der Waals surface area contributed by atoms with E-state index in [0.29, 0.717) is 12.3 Å². The maximum atomic E-state index is 12.2. The number of ether oxygens (including phenoxy) is 1. The first-order chi connectivity index (χ1) is 13.2. The highest BCUT2D eigenvalue weighted by atomic mass is 32.2. The lowest BCUT2D eigenvalue weighted by Crippen LogP contribution is -2.27. The molecular weight excluding hydrogens is 380 g/mol. The van der Waals surface area contributed by atoms with Crippen molar-refractivity contribution in [2.75, 3.05) is 19.4 Å². The largest absolute Gasteiger partial charge is 0.496 e. The van der Waals surface area contributed by atoms with Gasteiger partial charge in [-0.15, -0.1) is 21.5 Å². The zero-order valence-corrected chi connectivity index (χ0v) is 17.0. The molecule has 27 heavy (non-hydrogen) atoms. The second-order valence-electron chi connectivity index (χ2n) is 5.73. The Bertz CT molecular complexity index is 878. The van der Waals surface area contributed by atoms with E-state index in [4.69, 9.17) is 4.74 Å². The predicted octanol–water partition coefficient (Wildman–Crippen LogP) is 3.49. The Balaban J connectivity index is 1.51. The Morgan fingerprint density at radius 3 is 2.85 bits per heavy atom. The molecule has 3 rings (SSSR count). The number of methoxy groups -OCH3 is 1. The van der Waals surface area contributed by atoms with Crippen LogP contribution in [0.5, 0.6) is 5.75 Å². The Kier molecular flexibility index (Phi) is 6.89. The third-order valence-corrected chi connectivity index (χ3v) is 5.85. The zero-order chi connectivity index (χ0) is 19.1. The van der Waals surface area contributed by atoms with Crippen LogP contribution in [0.2, 0.25) is 0 Å². The highest BCUT2D eigenvalue weighted by Gasteiger charge is 2.15. The van der Waals surface area contributed by atoms with E-state index in [-0.39, 0.29) is 5.91 Å². The highest BCUT2D eigenvalue weighted by Crippen LogP contribution is 2.27. The lowest BCUT2D eigenvalue weighted by atomic mass is 10.1. The van der Waals surface area contributed by atoms with Crippen molar-refractivity contribution in [2.24, 2.45) is 0 Å². The molecule has 8 heteroatoms. The normalized spacial score (nSPS) is 10.7. The minimum atomic E-state index is -0.0155. The fourth-order valence-corrected chi connectivity index (χ4v) is 4.25. The number of aromatic nitrogens is 3. The summed E-state index contributed by atoms with van der Waals surface area (Å²) in [5.74, 6) is 2.00. The summed E-state index contributed by atoms with van der Waals surface area (Å²) in [6, 6.07) is 11.9. The summed E-state index contributed by atoms with van der Waals surface area (Å²) in [6.45, 7) is 3.39. The van der Waals surface area contributed by atoms with E-state index in [9.17, 15) is 4.79 Å². The van der Waals surface area contributed by atoms with Gasteiger partial charge in [0.15, 0.2) is 11.0 Å². The molecule has 6 nitrogen and oxygen atoms in total. The van der Waals surface area contributed by atoms with E-state index in [1.54, 1.807) is 18.4 Å². The number of hydrogen-bond donors (Lipinski definition) is 1. The van der Waals surface area contributed by atoms with Gasteiger partial charge < -0.3 is 14.6 Å². The van der Waals surface area contributed by atoms with Gasteiger partial charge in [-0.1, -0.05) is 36.0 Å². The summed E-state index contributed by atoms with van der Waals surface area (Å²) in [5.41, 5.74) is 1.08. The van der Waals surface area contributed by atoms with Gasteiger partial charge in [0.25, 0.3) is 0 Å². The first-order valence-electron chi connectivity index (χ1n) is 8.71. The van der Waals surface area contributed by atoms with Crippen LogP contribution in [0.3, 0.4) is 0 Å². The van der Waals surface area contributed by atoms with Crippen LogP contribution in [0, 0.1) is 0 Å². The summed E-state index contributed by atoms with van der Waals surface area (Å²) in [7, 11) is 1.66. The average Bonchev–Trinajstić information content (AvgIpc) is 3.35. The van der Waals surface area contributed by atoms with Gasteiger partial charge in [0.2, 0.25) is 5.91 Å². The average molecular weight is 403 g/mol. The number of hydrogen-bond acceptors (Lipinski definition) is 6. The van der Waals surface area contributed by atoms with E-state index in [1.165, 1.54) is 11.8 Å². The van der Waals surface area contributed by atoms with Crippen LogP contribution in [0.25, 0.3) is 10.7 Å². The molecule has 0 unspecified atom stereocenters. The van der Waals surface area contributed by atoms with Crippen LogP contribution >= 0.6 is 23.1 Å². The lowest BCUT2D eigenvalue weighted by Gasteiger charge is -2.09. The van der Waals surface area contributed by atoms with Gasteiger partial charge in [0, 0.05) is 13.1 Å². The maximum Gasteiger partial charge on any atom is 0.230 e. The molecule has 0 aliphatic rings. The summed E-state index contributed by atoms with van der Waals surface area (Å²) in [4.78, 5) is 13.3. The minimum absolute atomic E-state index is 0.0155. The number of benzene rings is 1. The van der Waals surface area contributed by atoms with Crippen molar-refractivity contribution in [3.8, 4) is 16.5 Å². The van der Waals surface area contributed by atoms with E-state index in [1.807, 2.05) is 46.3 Å². The van der Waals surface area contributed by atoms with Crippen molar-refractivity contribution in [1.82, 2.24) is 20.1 Å². The summed E-state index contributed by atoms with van der Waals surface area (Å²) < 4.78 is 7.37. The van der Waals surface area contributed by atoms with Crippen LogP contribution in [0.15, 0.2) is 46.9 Å². The van der Waals surface area contributed by atoms with Crippen LogP contribution in [0.4, 0.5) is 0 Å². The fraction of sp³-hybridized carbons (Fsp3) is 0.316. The molecule has 0 atom stereocenters. The van der Waals surface area contributed by atoms with E-state index >= 15 is 0 Å². The molecule has 0 spiro atoms. The molecule has 1 aromatic carbocycles. The second kappa shape index (κ2) is 9.57. The standard InChI is InChI=1S/C19H22N4O2S2/c1-3-23-18(16-9-6-12-26-16)21-22-19(23)27-13-17(24)20-11-10-14-7-4-5-8-15(14)25-2/h4-9,12H,3,10-11,13H2,1-2H3,(H,20,24). The summed E-state index contributed by atoms with van der Waals surface area (Å²) >= 11 is 3.04. The van der Waals surface area contributed by atoms with E-state index in [0.717, 1.165) is 40.1 Å². The van der Waals surface area contributed by atoms with Crippen molar-refractivity contribution in [3.05, 3.63) is 47.3 Å². The topological polar surface area (TPSA) is 69.0 Å². The Morgan fingerprint density at radius 1 is 1.26 bits per heavy atom. The summed E-state index contributed by atoms with van der Waals surface area (Å²) in [6.07, 6.45) is 0.730. The monoisotopic (exact) mass is 402 g/mol. The molecule has 2 heterocycles. The van der Waals surface area contributed by atoms with Crippen LogP contribution < -0.4 is 10.1 Å². The quantitative estimate of drug-likeness (QED) is 0.555. The van der Waals surface area contributed by atoms with Crippen molar-refractivity contribution >= 4 is 29.0 Å². The number of nitrogens with zero attached hydrogens (tertiary/aromatic N) is 3. The number of thioether (sulfide) groups is 1. The molecule has 2 aromatic heterocycles. The number of para-hydroxylation sites is 1. The molecule has 1 amide bonds. The minimum Gasteiger partial charge on any atom is -0.496 e. The molecule has 0 aliphatic carbocycles. The van der Waals surface area contributed by atoms with Gasteiger partial charge in [-0.05, 0) is 36.4 Å². The molecule has 0 bridgehead atoms. The van der Waals surface area contributed by atoms with Gasteiger partial charge in [-0.25, -0.2) is 0 Å². The van der Waals surface area contributed by atoms with Crippen LogP contribution in [-0.4, -0.2) is 40.1 Å². The van der Waals surface area contributed by atoms with Gasteiger partial charge in [-0.2, -0.15) is 0 Å². The number of nitrogens with one attached hydrogen (secondary N) is 1. The molecule has 3 aromatic rings. The smallest absolute Gasteiger partial charge is 0.230 e. The highest BCUT2D eigenvalue weighted by molar-refractivity contribution is 7.99. The molecule has 0 fully saturated rings. The Labute approximate surface area is 167 Å². The second-order valence-corrected chi connectivity index (χ2v) is 7.62. The molecule has 0 saturated heterocycles. The first kappa shape index (κ1) is 19.4. The van der Waals surface area contributed by atoms with Crippen LogP contribution in [0.1, 0.15) is 12.5 Å². The van der Waals surface area contributed by atoms with Gasteiger partial charge in [0.05, 0.1) is 17.7 Å². The number of carbonyl (C=O) groups excluding carboxylic acids is 1. The van der Waals surface area contributed by atoms with E-state index < -0.39 is 0 Å². The Hall–Kier alpha value is -2.32. The molecular formula is C19H22N4O2S2. The third-order valence-electron chi connectivity index (χ3n) is 4.02. The molecule has 0 aliphatic heterocycles. The first-order valence-corrected chi connectivity index (χ1v) is 10.6. The third kappa shape index (κ3) is 4.90. The fourth-order valence-electron chi connectivity index (χ4n) is 2.70. The van der Waals surface area contributed by atoms with E-state index in [2.05, 4.69) is 22.4 Å². The molecule has 0 radical (unpaired) electrons. The zero-order valence-electron chi connectivity index (χ0n) is 15.3. The maximum absolute atomic E-state index is 12.2. The van der Waals surface area contributed by atoms with Crippen molar-refractivity contribution in [1.29, 1.82) is 0 Å². The number of amides is 1. The van der Waals surface area contributed by atoms with Crippen molar-refractivity contribution < 1.29 is 9.53 Å². The SMILES string of the molecule is CCn1c(SCC(=O)NCCc2ccccc2OC)nnc1-c1cccs1. The van der Waals surface area contributed by atoms with Gasteiger partial charge >= 0.3 is 0 Å². The van der Waals surface area contributed by atoms with Crippen LogP contribution in [-0.2, 0) is 17.8 Å². The lowest BCUT2D eigenvalue weighted by molar-refractivity contribution is -0.118. The number of rotatable bonds is 9. The number of carbonyl (C=O) groups is 1. The molecule has 142 valence electrons. The molecule has 1 N–H and O–H groups in total. The summed E-state index contributed by atoms with van der Waals surface area (Å²) in [5, 5.41) is 14.3.